The summed E-state index contributed by atoms with van der Waals surface area (Å²) in [5, 5.41) is 0.562. The number of carbonyl (C=O) groups excluding carboxylic acids is 2. The first kappa shape index (κ1) is 20.1. The molecule has 8 heteroatoms. The van der Waals surface area contributed by atoms with Crippen LogP contribution in [0.5, 0.6) is 17.2 Å². The molecule has 1 unspecified atom stereocenters. The standard InChI is InChI=1S/C22H20ClNO6/c1-27-17-8-12(9-18(28-2)21(17)29-3)15-10-19(25)24(14-6-4-13(23)5-7-14)16-11-30-22(26)20(15)16/h4-9,15H,10-11H2,1-3H3. The van der Waals surface area contributed by atoms with E-state index in [1.807, 2.05) is 0 Å². The fraction of sp³-hybridized carbons (Fsp3) is 0.273. The number of methoxy groups -OCH3 is 3. The summed E-state index contributed by atoms with van der Waals surface area (Å²) in [5.74, 6) is 0.279. The normalized spacial score (nSPS) is 18.3. The molecule has 1 atom stereocenters. The number of benzene rings is 2. The number of amides is 1. The van der Waals surface area contributed by atoms with Gasteiger partial charge in [0.15, 0.2) is 11.5 Å². The Balaban J connectivity index is 1.84. The first-order valence-electron chi connectivity index (χ1n) is 9.27. The van der Waals surface area contributed by atoms with Crippen LogP contribution < -0.4 is 19.1 Å². The average Bonchev–Trinajstić information content (AvgIpc) is 3.14. The monoisotopic (exact) mass is 429 g/mol. The molecular weight excluding hydrogens is 410 g/mol. The molecule has 0 saturated heterocycles. The molecule has 0 saturated carbocycles. The van der Waals surface area contributed by atoms with Crippen molar-refractivity contribution in [3.8, 4) is 17.2 Å². The minimum atomic E-state index is -0.486. The van der Waals surface area contributed by atoms with Crippen LogP contribution in [0.15, 0.2) is 47.7 Å². The van der Waals surface area contributed by atoms with Crippen molar-refractivity contribution in [2.45, 2.75) is 12.3 Å². The molecule has 2 aliphatic heterocycles. The molecule has 0 fully saturated rings. The van der Waals surface area contributed by atoms with Crippen molar-refractivity contribution in [2.24, 2.45) is 0 Å². The lowest BCUT2D eigenvalue weighted by atomic mass is 9.83. The van der Waals surface area contributed by atoms with E-state index in [1.54, 1.807) is 36.4 Å². The highest BCUT2D eigenvalue weighted by molar-refractivity contribution is 6.30. The fourth-order valence-electron chi connectivity index (χ4n) is 3.93. The highest BCUT2D eigenvalue weighted by atomic mass is 35.5. The summed E-state index contributed by atoms with van der Waals surface area (Å²) in [4.78, 5) is 27.3. The van der Waals surface area contributed by atoms with E-state index in [0.717, 1.165) is 0 Å². The van der Waals surface area contributed by atoms with Gasteiger partial charge in [-0.3, -0.25) is 9.69 Å². The number of hydrogen-bond donors (Lipinski definition) is 0. The largest absolute Gasteiger partial charge is 0.493 e. The molecule has 0 spiro atoms. The van der Waals surface area contributed by atoms with E-state index in [9.17, 15) is 9.59 Å². The van der Waals surface area contributed by atoms with Gasteiger partial charge in [-0.05, 0) is 42.0 Å². The molecule has 1 amide bonds. The van der Waals surface area contributed by atoms with Crippen molar-refractivity contribution < 1.29 is 28.5 Å². The first-order valence-corrected chi connectivity index (χ1v) is 9.64. The molecule has 30 heavy (non-hydrogen) atoms. The van der Waals surface area contributed by atoms with Crippen LogP contribution in [0.2, 0.25) is 5.02 Å². The number of ether oxygens (including phenoxy) is 4. The molecule has 0 N–H and O–H groups in total. The maximum Gasteiger partial charge on any atom is 0.336 e. The smallest absolute Gasteiger partial charge is 0.336 e. The van der Waals surface area contributed by atoms with Gasteiger partial charge in [-0.1, -0.05) is 11.6 Å². The van der Waals surface area contributed by atoms with Crippen LogP contribution in [-0.4, -0.2) is 39.8 Å². The number of cyclic esters (lactones) is 1. The predicted octanol–water partition coefficient (Wildman–Crippen LogP) is 3.70. The molecule has 2 aromatic rings. The zero-order valence-electron chi connectivity index (χ0n) is 16.7. The summed E-state index contributed by atoms with van der Waals surface area (Å²) >= 11 is 5.98. The van der Waals surface area contributed by atoms with E-state index in [2.05, 4.69) is 0 Å². The van der Waals surface area contributed by atoms with Crippen LogP contribution in [0.3, 0.4) is 0 Å². The minimum Gasteiger partial charge on any atom is -0.493 e. The van der Waals surface area contributed by atoms with Gasteiger partial charge in [0.05, 0.1) is 32.6 Å². The molecule has 2 aromatic carbocycles. The first-order chi connectivity index (χ1) is 14.5. The van der Waals surface area contributed by atoms with Crippen molar-refractivity contribution in [1.29, 1.82) is 0 Å². The summed E-state index contributed by atoms with van der Waals surface area (Å²) in [5.41, 5.74) is 2.34. The highest BCUT2D eigenvalue weighted by Crippen LogP contribution is 2.46. The number of halogens is 1. The molecule has 0 aromatic heterocycles. The van der Waals surface area contributed by atoms with Crippen LogP contribution in [0, 0.1) is 0 Å². The SMILES string of the molecule is COc1cc(C2CC(=O)N(c3ccc(Cl)cc3)C3=C2C(=O)OC3)cc(OC)c1OC. The maximum atomic E-state index is 13.1. The van der Waals surface area contributed by atoms with Crippen molar-refractivity contribution in [3.63, 3.8) is 0 Å². The van der Waals surface area contributed by atoms with Crippen LogP contribution in [0.4, 0.5) is 5.69 Å². The van der Waals surface area contributed by atoms with Crippen molar-refractivity contribution in [2.75, 3.05) is 32.8 Å². The second-order valence-electron chi connectivity index (χ2n) is 6.86. The Hall–Kier alpha value is -3.19. The van der Waals surface area contributed by atoms with Gasteiger partial charge in [0.2, 0.25) is 11.7 Å². The molecule has 156 valence electrons. The van der Waals surface area contributed by atoms with Gasteiger partial charge in [-0.15, -0.1) is 0 Å². The summed E-state index contributed by atoms with van der Waals surface area (Å²) in [6, 6.07) is 10.4. The predicted molar refractivity (Wildman–Crippen MR) is 110 cm³/mol. The van der Waals surface area contributed by atoms with Gasteiger partial charge in [0, 0.05) is 23.0 Å². The van der Waals surface area contributed by atoms with Crippen molar-refractivity contribution in [3.05, 3.63) is 58.3 Å². The highest BCUT2D eigenvalue weighted by Gasteiger charge is 2.43. The van der Waals surface area contributed by atoms with E-state index in [1.165, 1.54) is 26.2 Å². The number of rotatable bonds is 5. The lowest BCUT2D eigenvalue weighted by Crippen LogP contribution is -2.37. The van der Waals surface area contributed by atoms with E-state index in [-0.39, 0.29) is 18.9 Å². The second-order valence-corrected chi connectivity index (χ2v) is 7.29. The summed E-state index contributed by atoms with van der Waals surface area (Å²) < 4.78 is 21.6. The van der Waals surface area contributed by atoms with Crippen molar-refractivity contribution >= 4 is 29.2 Å². The van der Waals surface area contributed by atoms with Crippen molar-refractivity contribution in [1.82, 2.24) is 0 Å². The molecule has 2 heterocycles. The fourth-order valence-corrected chi connectivity index (χ4v) is 4.06. The van der Waals surface area contributed by atoms with Crippen LogP contribution >= 0.6 is 11.6 Å². The quantitative estimate of drug-likeness (QED) is 0.675. The molecule has 7 nitrogen and oxygen atoms in total. The maximum absolute atomic E-state index is 13.1. The summed E-state index contributed by atoms with van der Waals surface area (Å²) in [6.45, 7) is 0.0312. The Morgan fingerprint density at radius 2 is 1.63 bits per heavy atom. The van der Waals surface area contributed by atoms with E-state index in [4.69, 9.17) is 30.5 Å². The molecular formula is C22H20ClNO6. The van der Waals surface area contributed by atoms with Gasteiger partial charge in [0.25, 0.3) is 0 Å². The second kappa shape index (κ2) is 7.91. The van der Waals surface area contributed by atoms with Gasteiger partial charge >= 0.3 is 5.97 Å². The summed E-state index contributed by atoms with van der Waals surface area (Å²) in [6.07, 6.45) is 0.0925. The Morgan fingerprint density at radius 3 is 2.20 bits per heavy atom. The van der Waals surface area contributed by atoms with Gasteiger partial charge in [-0.2, -0.15) is 0 Å². The molecule has 4 rings (SSSR count). The lowest BCUT2D eigenvalue weighted by Gasteiger charge is -2.32. The number of anilines is 1. The van der Waals surface area contributed by atoms with Crippen LogP contribution in [-0.2, 0) is 14.3 Å². The number of hydrogen-bond acceptors (Lipinski definition) is 6. The third-order valence-electron chi connectivity index (χ3n) is 5.29. The van der Waals surface area contributed by atoms with E-state index >= 15 is 0 Å². The third-order valence-corrected chi connectivity index (χ3v) is 5.54. The number of esters is 1. The van der Waals surface area contributed by atoms with Gasteiger partial charge in [-0.25, -0.2) is 4.79 Å². The van der Waals surface area contributed by atoms with Crippen LogP contribution in [0.25, 0.3) is 0 Å². The van der Waals surface area contributed by atoms with Gasteiger partial charge in [0.1, 0.15) is 6.61 Å². The topological polar surface area (TPSA) is 74.3 Å². The Kier molecular flexibility index (Phi) is 5.30. The number of nitrogens with zero attached hydrogens (tertiary/aromatic N) is 1. The van der Waals surface area contributed by atoms with Crippen LogP contribution in [0.1, 0.15) is 17.9 Å². The zero-order chi connectivity index (χ0) is 21.4. The Morgan fingerprint density at radius 1 is 1.00 bits per heavy atom. The Labute approximate surface area is 178 Å². The van der Waals surface area contributed by atoms with E-state index in [0.29, 0.717) is 44.8 Å². The Bertz CT molecular complexity index is 1020. The summed E-state index contributed by atoms with van der Waals surface area (Å²) in [7, 11) is 4.55. The minimum absolute atomic E-state index is 0.0312. The molecule has 0 aliphatic carbocycles. The average molecular weight is 430 g/mol. The third kappa shape index (κ3) is 3.25. The lowest BCUT2D eigenvalue weighted by molar-refractivity contribution is -0.136. The molecule has 0 radical (unpaired) electrons. The number of carbonyl (C=O) groups is 2. The van der Waals surface area contributed by atoms with Gasteiger partial charge < -0.3 is 18.9 Å². The molecule has 2 aliphatic rings. The van der Waals surface area contributed by atoms with E-state index < -0.39 is 11.9 Å². The molecule has 0 bridgehead atoms. The zero-order valence-corrected chi connectivity index (χ0v) is 17.5.